The minimum absolute atomic E-state index is 0.000990. The molecule has 39 heavy (non-hydrogen) atoms. The van der Waals surface area contributed by atoms with Gasteiger partial charge in [-0.1, -0.05) is 37.1 Å². The summed E-state index contributed by atoms with van der Waals surface area (Å²) in [6.07, 6.45) is 6.56. The maximum atomic E-state index is 13.3. The van der Waals surface area contributed by atoms with Gasteiger partial charge in [-0.05, 0) is 80.2 Å². The third kappa shape index (κ3) is 7.29. The number of aryl methyl sites for hydroxylation is 2. The van der Waals surface area contributed by atoms with E-state index in [4.69, 9.17) is 9.15 Å². The van der Waals surface area contributed by atoms with Gasteiger partial charge in [0.15, 0.2) is 0 Å². The van der Waals surface area contributed by atoms with Gasteiger partial charge in [0.1, 0.15) is 17.8 Å². The fourth-order valence-electron chi connectivity index (χ4n) is 5.08. The fourth-order valence-corrected chi connectivity index (χ4v) is 6.62. The van der Waals surface area contributed by atoms with Gasteiger partial charge >= 0.3 is 0 Å². The lowest BCUT2D eigenvalue weighted by Gasteiger charge is -2.19. The monoisotopic (exact) mass is 553 g/mol. The van der Waals surface area contributed by atoms with Gasteiger partial charge in [-0.3, -0.25) is 9.69 Å². The summed E-state index contributed by atoms with van der Waals surface area (Å²) in [5.74, 6) is 0.718. The van der Waals surface area contributed by atoms with E-state index in [2.05, 4.69) is 34.5 Å². The molecule has 0 atom stereocenters. The number of amides is 1. The number of ether oxygens (including phenoxy) is 1. The second-order valence-corrected chi connectivity index (χ2v) is 12.3. The van der Waals surface area contributed by atoms with Crippen LogP contribution in [-0.4, -0.2) is 50.8 Å². The van der Waals surface area contributed by atoms with E-state index < -0.39 is 10.0 Å². The van der Waals surface area contributed by atoms with E-state index >= 15 is 0 Å². The van der Waals surface area contributed by atoms with E-state index in [0.29, 0.717) is 34.7 Å². The highest BCUT2D eigenvalue weighted by molar-refractivity contribution is 7.89. The van der Waals surface area contributed by atoms with Crippen molar-refractivity contribution in [2.24, 2.45) is 0 Å². The highest BCUT2D eigenvalue weighted by atomic mass is 32.2. The molecule has 210 valence electrons. The number of methoxy groups -OCH3 is 1. The molecular formula is C30H39N3O5S. The average molecular weight is 554 g/mol. The number of rotatable bonds is 10. The molecule has 1 aliphatic rings. The SMILES string of the molecule is COc1cc(C)c(S(=O)(=O)N(C)Cc2cc(C(=O)NCc3ccc(CN4CCCCCC4)cc3)co2)c(C)c1. The van der Waals surface area contributed by atoms with Crippen LogP contribution in [0, 0.1) is 13.8 Å². The van der Waals surface area contributed by atoms with Crippen LogP contribution in [0.3, 0.4) is 0 Å². The normalized spacial score (nSPS) is 14.8. The van der Waals surface area contributed by atoms with Crippen LogP contribution in [-0.2, 0) is 29.7 Å². The maximum absolute atomic E-state index is 13.3. The zero-order valence-electron chi connectivity index (χ0n) is 23.3. The number of sulfonamides is 1. The Morgan fingerprint density at radius 1 is 1.00 bits per heavy atom. The van der Waals surface area contributed by atoms with Crippen LogP contribution in [0.5, 0.6) is 5.75 Å². The quantitative estimate of drug-likeness (QED) is 0.379. The lowest BCUT2D eigenvalue weighted by Crippen LogP contribution is -2.27. The van der Waals surface area contributed by atoms with Crippen molar-refractivity contribution in [2.45, 2.75) is 64.1 Å². The summed E-state index contributed by atoms with van der Waals surface area (Å²) < 4.78 is 38.6. The molecule has 2 heterocycles. The molecule has 0 spiro atoms. The number of benzene rings is 2. The van der Waals surface area contributed by atoms with Gasteiger partial charge in [0.25, 0.3) is 5.91 Å². The van der Waals surface area contributed by atoms with Crippen molar-refractivity contribution in [3.05, 3.63) is 82.3 Å². The Morgan fingerprint density at radius 2 is 1.62 bits per heavy atom. The summed E-state index contributed by atoms with van der Waals surface area (Å²) in [6.45, 7) is 7.17. The first-order valence-corrected chi connectivity index (χ1v) is 14.9. The Hall–Kier alpha value is -3.14. The zero-order valence-corrected chi connectivity index (χ0v) is 24.1. The number of nitrogens with one attached hydrogen (secondary N) is 1. The van der Waals surface area contributed by atoms with Crippen molar-refractivity contribution in [1.82, 2.24) is 14.5 Å². The van der Waals surface area contributed by atoms with Gasteiger partial charge in [0.2, 0.25) is 10.0 Å². The molecule has 0 bridgehead atoms. The first-order valence-electron chi connectivity index (χ1n) is 13.4. The summed E-state index contributed by atoms with van der Waals surface area (Å²) >= 11 is 0. The molecule has 3 aromatic rings. The van der Waals surface area contributed by atoms with E-state index in [9.17, 15) is 13.2 Å². The van der Waals surface area contributed by atoms with Crippen molar-refractivity contribution in [3.63, 3.8) is 0 Å². The number of hydrogen-bond donors (Lipinski definition) is 1. The highest BCUT2D eigenvalue weighted by Crippen LogP contribution is 2.28. The molecule has 9 heteroatoms. The predicted octanol–water partition coefficient (Wildman–Crippen LogP) is 5.03. The molecule has 2 aromatic carbocycles. The second kappa shape index (κ2) is 12.8. The first kappa shape index (κ1) is 28.9. The van der Waals surface area contributed by atoms with Gasteiger partial charge in [0, 0.05) is 20.1 Å². The average Bonchev–Trinajstić information content (AvgIpc) is 3.22. The Kier molecular flexibility index (Phi) is 9.48. The van der Waals surface area contributed by atoms with Crippen molar-refractivity contribution < 1.29 is 22.4 Å². The lowest BCUT2D eigenvalue weighted by atomic mass is 10.1. The van der Waals surface area contributed by atoms with Crippen molar-refractivity contribution in [1.29, 1.82) is 0 Å². The van der Waals surface area contributed by atoms with E-state index in [-0.39, 0.29) is 17.3 Å². The summed E-state index contributed by atoms with van der Waals surface area (Å²) in [4.78, 5) is 15.5. The third-order valence-electron chi connectivity index (χ3n) is 7.21. The molecule has 1 saturated heterocycles. The number of furan rings is 1. The van der Waals surface area contributed by atoms with Gasteiger partial charge < -0.3 is 14.5 Å². The number of likely N-dealkylation sites (tertiary alicyclic amines) is 1. The molecule has 1 aromatic heterocycles. The lowest BCUT2D eigenvalue weighted by molar-refractivity contribution is 0.0950. The molecule has 4 rings (SSSR count). The molecule has 1 N–H and O–H groups in total. The Bertz CT molecular complexity index is 1350. The summed E-state index contributed by atoms with van der Waals surface area (Å²) in [5.41, 5.74) is 3.86. The van der Waals surface area contributed by atoms with E-state index in [1.165, 1.54) is 48.9 Å². The van der Waals surface area contributed by atoms with E-state index in [1.807, 2.05) is 0 Å². The molecule has 1 amide bonds. The van der Waals surface area contributed by atoms with Crippen molar-refractivity contribution >= 4 is 15.9 Å². The number of carbonyl (C=O) groups excluding carboxylic acids is 1. The minimum atomic E-state index is -3.78. The van der Waals surface area contributed by atoms with Gasteiger partial charge in [-0.25, -0.2) is 8.42 Å². The Morgan fingerprint density at radius 3 is 2.23 bits per heavy atom. The maximum Gasteiger partial charge on any atom is 0.254 e. The van der Waals surface area contributed by atoms with E-state index in [1.54, 1.807) is 39.2 Å². The number of nitrogens with zero attached hydrogens (tertiary/aromatic N) is 2. The minimum Gasteiger partial charge on any atom is -0.497 e. The van der Waals surface area contributed by atoms with Crippen LogP contribution in [0.4, 0.5) is 0 Å². The van der Waals surface area contributed by atoms with Crippen molar-refractivity contribution in [2.75, 3.05) is 27.2 Å². The highest BCUT2D eigenvalue weighted by Gasteiger charge is 2.26. The molecule has 0 aliphatic carbocycles. The van der Waals surface area contributed by atoms with Gasteiger partial charge in [0.05, 0.1) is 24.1 Å². The Balaban J connectivity index is 1.32. The summed E-state index contributed by atoms with van der Waals surface area (Å²) in [5, 5.41) is 2.92. The van der Waals surface area contributed by atoms with Crippen LogP contribution in [0.2, 0.25) is 0 Å². The summed E-state index contributed by atoms with van der Waals surface area (Å²) in [7, 11) is -0.736. The van der Waals surface area contributed by atoms with Crippen LogP contribution >= 0.6 is 0 Å². The number of hydrogen-bond acceptors (Lipinski definition) is 6. The topological polar surface area (TPSA) is 92.1 Å². The molecule has 1 fully saturated rings. The molecule has 8 nitrogen and oxygen atoms in total. The van der Waals surface area contributed by atoms with Gasteiger partial charge in [-0.2, -0.15) is 4.31 Å². The molecule has 0 unspecified atom stereocenters. The molecule has 1 aliphatic heterocycles. The molecule has 0 radical (unpaired) electrons. The first-order chi connectivity index (χ1) is 18.7. The van der Waals surface area contributed by atoms with Crippen LogP contribution in [0.15, 0.2) is 58.0 Å². The van der Waals surface area contributed by atoms with Crippen LogP contribution in [0.25, 0.3) is 0 Å². The molecule has 0 saturated carbocycles. The largest absolute Gasteiger partial charge is 0.497 e. The summed E-state index contributed by atoms with van der Waals surface area (Å²) in [6, 6.07) is 13.3. The van der Waals surface area contributed by atoms with Crippen LogP contribution in [0.1, 0.15) is 64.1 Å². The van der Waals surface area contributed by atoms with E-state index in [0.717, 1.165) is 25.2 Å². The smallest absolute Gasteiger partial charge is 0.254 e. The van der Waals surface area contributed by atoms with Crippen LogP contribution < -0.4 is 10.1 Å². The Labute approximate surface area is 232 Å². The predicted molar refractivity (Wildman–Crippen MR) is 151 cm³/mol. The van der Waals surface area contributed by atoms with Gasteiger partial charge in [-0.15, -0.1) is 0 Å². The second-order valence-electron chi connectivity index (χ2n) is 10.3. The standard InChI is InChI=1S/C30H39N3O5S/c1-22-15-27(37-4)16-23(2)29(22)39(35,36)32(3)20-28-17-26(21-38-28)30(34)31-18-24-9-11-25(12-10-24)19-33-13-7-5-6-8-14-33/h9-12,15-17,21H,5-8,13-14,18-20H2,1-4H3,(H,31,34). The molecular weight excluding hydrogens is 514 g/mol. The third-order valence-corrected chi connectivity index (χ3v) is 9.32. The number of carbonyl (C=O) groups is 1. The zero-order chi connectivity index (χ0) is 28.0. The van der Waals surface area contributed by atoms with Crippen molar-refractivity contribution in [3.8, 4) is 5.75 Å². The fraction of sp³-hybridized carbons (Fsp3) is 0.433.